The minimum atomic E-state index is -0.204. The number of fused-ring (bicyclic) bond motifs is 1. The van der Waals surface area contributed by atoms with Gasteiger partial charge in [-0.15, -0.1) is 0 Å². The second-order valence-electron chi connectivity index (χ2n) is 7.39. The summed E-state index contributed by atoms with van der Waals surface area (Å²) in [6.07, 6.45) is 10.5. The van der Waals surface area contributed by atoms with Gasteiger partial charge in [-0.25, -0.2) is 4.98 Å². The topological polar surface area (TPSA) is 78.4 Å². The lowest BCUT2D eigenvalue weighted by molar-refractivity contribution is -0.143. The maximum Gasteiger partial charge on any atom is 0.271 e. The number of nitrogens with zero attached hydrogens (tertiary/aromatic N) is 4. The zero-order valence-corrected chi connectivity index (χ0v) is 14.4. The van der Waals surface area contributed by atoms with Crippen molar-refractivity contribution in [3.63, 3.8) is 0 Å². The third-order valence-electron chi connectivity index (χ3n) is 5.75. The van der Waals surface area contributed by atoms with Crippen LogP contribution in [-0.4, -0.2) is 69.8 Å². The second-order valence-corrected chi connectivity index (χ2v) is 7.39. The summed E-state index contributed by atoms with van der Waals surface area (Å²) in [6, 6.07) is 0.728. The van der Waals surface area contributed by atoms with E-state index in [1.807, 2.05) is 4.90 Å². The molecule has 2 unspecified atom stereocenters. The third-order valence-corrected chi connectivity index (χ3v) is 5.75. The van der Waals surface area contributed by atoms with Gasteiger partial charge in [0.15, 0.2) is 0 Å². The van der Waals surface area contributed by atoms with E-state index >= 15 is 0 Å². The molecular weight excluding hydrogens is 318 g/mol. The molecule has 1 N–H and O–H groups in total. The van der Waals surface area contributed by atoms with Gasteiger partial charge >= 0.3 is 0 Å². The summed E-state index contributed by atoms with van der Waals surface area (Å²) in [7, 11) is 0. The Bertz CT molecular complexity index is 632. The first-order valence-electron chi connectivity index (χ1n) is 9.31. The van der Waals surface area contributed by atoms with Gasteiger partial charge in [0.2, 0.25) is 5.91 Å². The number of nitrogens with one attached hydrogen (secondary N) is 1. The molecule has 0 aromatic carbocycles. The van der Waals surface area contributed by atoms with Crippen LogP contribution in [0.4, 0.5) is 0 Å². The van der Waals surface area contributed by atoms with Gasteiger partial charge in [-0.05, 0) is 32.2 Å². The van der Waals surface area contributed by atoms with Crippen molar-refractivity contribution in [1.29, 1.82) is 0 Å². The maximum atomic E-state index is 12.8. The Morgan fingerprint density at radius 2 is 2.04 bits per heavy atom. The highest BCUT2D eigenvalue weighted by Gasteiger charge is 2.43. The van der Waals surface area contributed by atoms with Gasteiger partial charge in [0.25, 0.3) is 5.91 Å². The van der Waals surface area contributed by atoms with Gasteiger partial charge in [-0.3, -0.25) is 19.5 Å². The van der Waals surface area contributed by atoms with Crippen LogP contribution >= 0.6 is 0 Å². The van der Waals surface area contributed by atoms with Crippen LogP contribution < -0.4 is 5.32 Å². The number of hydrogen-bond acceptors (Lipinski definition) is 5. The van der Waals surface area contributed by atoms with Crippen molar-refractivity contribution < 1.29 is 9.59 Å². The number of piperidine rings is 1. The quantitative estimate of drug-likeness (QED) is 0.870. The number of aromatic nitrogens is 2. The number of likely N-dealkylation sites (tertiary alicyclic amines) is 1. The minimum Gasteiger partial charge on any atom is -0.350 e. The molecule has 3 fully saturated rings. The molecule has 4 rings (SSSR count). The van der Waals surface area contributed by atoms with Crippen LogP contribution in [0.15, 0.2) is 18.6 Å². The number of carbonyl (C=O) groups excluding carboxylic acids is 2. The average Bonchev–Trinajstić information content (AvgIpc) is 3.05. The standard InChI is InChI=1S/C18H25N5O2/c24-17(15-10-19-6-7-20-15)21-9-13-11-22(12-13)18(25)16-5-4-14-3-1-2-8-23(14)16/h6-7,10,13-14,16H,1-5,8-9,11-12H2,(H,21,24). The van der Waals surface area contributed by atoms with Gasteiger partial charge in [0.1, 0.15) is 5.69 Å². The molecule has 134 valence electrons. The zero-order valence-electron chi connectivity index (χ0n) is 14.4. The normalized spacial score (nSPS) is 26.8. The predicted octanol–water partition coefficient (Wildman–Crippen LogP) is 0.682. The monoisotopic (exact) mass is 343 g/mol. The SMILES string of the molecule is O=C(NCC1CN(C(=O)C2CCC3CCCCN32)C1)c1cnccn1. The molecule has 2 amide bonds. The van der Waals surface area contributed by atoms with Crippen LogP contribution in [0.1, 0.15) is 42.6 Å². The van der Waals surface area contributed by atoms with Gasteiger partial charge in [-0.2, -0.15) is 0 Å². The fraction of sp³-hybridized carbons (Fsp3) is 0.667. The van der Waals surface area contributed by atoms with Gasteiger partial charge < -0.3 is 10.2 Å². The minimum absolute atomic E-state index is 0.0976. The summed E-state index contributed by atoms with van der Waals surface area (Å²) in [6.45, 7) is 3.14. The number of amides is 2. The van der Waals surface area contributed by atoms with E-state index in [0.29, 0.717) is 30.1 Å². The van der Waals surface area contributed by atoms with E-state index in [9.17, 15) is 9.59 Å². The lowest BCUT2D eigenvalue weighted by atomic mass is 9.98. The molecule has 7 heteroatoms. The molecule has 3 aliphatic heterocycles. The van der Waals surface area contributed by atoms with Crippen molar-refractivity contribution in [3.8, 4) is 0 Å². The summed E-state index contributed by atoms with van der Waals surface area (Å²) in [5.41, 5.74) is 0.330. The van der Waals surface area contributed by atoms with E-state index in [2.05, 4.69) is 20.2 Å². The predicted molar refractivity (Wildman–Crippen MR) is 91.8 cm³/mol. The number of hydrogen-bond donors (Lipinski definition) is 1. The smallest absolute Gasteiger partial charge is 0.271 e. The molecular formula is C18H25N5O2. The van der Waals surface area contributed by atoms with Crippen molar-refractivity contribution in [2.75, 3.05) is 26.2 Å². The summed E-state index contributed by atoms with van der Waals surface area (Å²) < 4.78 is 0. The first-order chi connectivity index (χ1) is 12.2. The van der Waals surface area contributed by atoms with Crippen molar-refractivity contribution >= 4 is 11.8 Å². The van der Waals surface area contributed by atoms with Crippen molar-refractivity contribution in [3.05, 3.63) is 24.3 Å². The summed E-state index contributed by atoms with van der Waals surface area (Å²) in [5.74, 6) is 0.425. The molecule has 0 bridgehead atoms. The van der Waals surface area contributed by atoms with E-state index in [0.717, 1.165) is 26.1 Å². The number of rotatable bonds is 4. The summed E-state index contributed by atoms with van der Waals surface area (Å²) in [5, 5.41) is 2.89. The molecule has 2 atom stereocenters. The highest BCUT2D eigenvalue weighted by atomic mass is 16.2. The molecule has 25 heavy (non-hydrogen) atoms. The average molecular weight is 343 g/mol. The summed E-state index contributed by atoms with van der Waals surface area (Å²) in [4.78, 5) is 37.0. The molecule has 0 radical (unpaired) electrons. The largest absolute Gasteiger partial charge is 0.350 e. The Balaban J connectivity index is 1.22. The Morgan fingerprint density at radius 3 is 2.84 bits per heavy atom. The van der Waals surface area contributed by atoms with Crippen molar-refractivity contribution in [1.82, 2.24) is 25.1 Å². The molecule has 7 nitrogen and oxygen atoms in total. The Labute approximate surface area is 147 Å². The van der Waals surface area contributed by atoms with Crippen LogP contribution in [-0.2, 0) is 4.79 Å². The van der Waals surface area contributed by atoms with Crippen LogP contribution in [0.2, 0.25) is 0 Å². The van der Waals surface area contributed by atoms with E-state index in [1.54, 1.807) is 6.20 Å². The van der Waals surface area contributed by atoms with E-state index in [4.69, 9.17) is 0 Å². The molecule has 0 saturated carbocycles. The Hall–Kier alpha value is -2.02. The van der Waals surface area contributed by atoms with Gasteiger partial charge in [0, 0.05) is 44.0 Å². The zero-order chi connectivity index (χ0) is 17.2. The lowest BCUT2D eigenvalue weighted by Gasteiger charge is -2.43. The van der Waals surface area contributed by atoms with Crippen LogP contribution in [0.25, 0.3) is 0 Å². The highest BCUT2D eigenvalue weighted by Crippen LogP contribution is 2.33. The Kier molecular flexibility index (Phi) is 4.65. The molecule has 4 heterocycles. The van der Waals surface area contributed by atoms with Crippen LogP contribution in [0.5, 0.6) is 0 Å². The van der Waals surface area contributed by atoms with Gasteiger partial charge in [0.05, 0.1) is 12.2 Å². The Morgan fingerprint density at radius 1 is 1.16 bits per heavy atom. The maximum absolute atomic E-state index is 12.8. The second kappa shape index (κ2) is 7.07. The lowest BCUT2D eigenvalue weighted by Crippen LogP contribution is -2.58. The molecule has 0 aliphatic carbocycles. The molecule has 1 aromatic rings. The van der Waals surface area contributed by atoms with Crippen LogP contribution in [0, 0.1) is 5.92 Å². The van der Waals surface area contributed by atoms with Crippen molar-refractivity contribution in [2.45, 2.75) is 44.2 Å². The van der Waals surface area contributed by atoms with Gasteiger partial charge in [-0.1, -0.05) is 6.42 Å². The molecule has 0 spiro atoms. The highest BCUT2D eigenvalue weighted by molar-refractivity contribution is 5.91. The third kappa shape index (κ3) is 3.38. The van der Waals surface area contributed by atoms with Crippen molar-refractivity contribution in [2.24, 2.45) is 5.92 Å². The first-order valence-corrected chi connectivity index (χ1v) is 9.31. The summed E-state index contributed by atoms with van der Waals surface area (Å²) >= 11 is 0. The molecule has 3 saturated heterocycles. The fourth-order valence-corrected chi connectivity index (χ4v) is 4.36. The number of carbonyl (C=O) groups is 2. The molecule has 1 aromatic heterocycles. The van der Waals surface area contributed by atoms with E-state index in [-0.39, 0.29) is 11.9 Å². The van der Waals surface area contributed by atoms with Crippen LogP contribution in [0.3, 0.4) is 0 Å². The fourth-order valence-electron chi connectivity index (χ4n) is 4.36. The van der Waals surface area contributed by atoms with E-state index in [1.165, 1.54) is 38.1 Å². The first kappa shape index (κ1) is 16.4. The molecule has 3 aliphatic rings. The van der Waals surface area contributed by atoms with E-state index < -0.39 is 0 Å².